The molecule has 0 atom stereocenters. The molecule has 0 radical (unpaired) electrons. The first-order chi connectivity index (χ1) is 9.78. The number of anilines is 1. The van der Waals surface area contributed by atoms with E-state index in [0.29, 0.717) is 24.3 Å². The zero-order valence-corrected chi connectivity index (χ0v) is 14.0. The average molecular weight is 312 g/mol. The van der Waals surface area contributed by atoms with Gasteiger partial charge >= 0.3 is 0 Å². The molecule has 6 heteroatoms. The van der Waals surface area contributed by atoms with Crippen molar-refractivity contribution in [1.29, 1.82) is 0 Å². The van der Waals surface area contributed by atoms with Gasteiger partial charge in [-0.05, 0) is 37.5 Å². The normalized spacial score (nSPS) is 11.2. The van der Waals surface area contributed by atoms with Crippen LogP contribution in [0.2, 0.25) is 0 Å². The van der Waals surface area contributed by atoms with Crippen molar-refractivity contribution in [3.8, 4) is 0 Å². The topological polar surface area (TPSA) is 66.5 Å². The van der Waals surface area contributed by atoms with Crippen LogP contribution in [0, 0.1) is 6.92 Å². The van der Waals surface area contributed by atoms with Gasteiger partial charge in [0.1, 0.15) is 0 Å². The van der Waals surface area contributed by atoms with E-state index in [1.54, 1.807) is 30.0 Å². The highest BCUT2D eigenvalue weighted by molar-refractivity contribution is 7.92. The molecule has 0 heterocycles. The summed E-state index contributed by atoms with van der Waals surface area (Å²) in [5, 5.41) is 0. The van der Waals surface area contributed by atoms with Gasteiger partial charge in [0.05, 0.1) is 11.9 Å². The summed E-state index contributed by atoms with van der Waals surface area (Å²) in [6.07, 6.45) is 2.89. The van der Waals surface area contributed by atoms with Crippen LogP contribution in [0.3, 0.4) is 0 Å². The SMILES string of the molecule is CCCN(CCC)C(=O)c1ccc(C)c(NS(C)(=O)=O)c1. The molecule has 0 bridgehead atoms. The lowest BCUT2D eigenvalue weighted by molar-refractivity contribution is 0.0755. The Morgan fingerprint density at radius 2 is 1.76 bits per heavy atom. The van der Waals surface area contributed by atoms with E-state index >= 15 is 0 Å². The van der Waals surface area contributed by atoms with Gasteiger partial charge < -0.3 is 4.90 Å². The van der Waals surface area contributed by atoms with E-state index in [1.807, 2.05) is 13.8 Å². The van der Waals surface area contributed by atoms with Crippen molar-refractivity contribution in [2.24, 2.45) is 0 Å². The molecule has 0 aliphatic rings. The van der Waals surface area contributed by atoms with Gasteiger partial charge in [0.15, 0.2) is 0 Å². The van der Waals surface area contributed by atoms with E-state index in [-0.39, 0.29) is 5.91 Å². The fraction of sp³-hybridized carbons (Fsp3) is 0.533. The minimum atomic E-state index is -3.36. The van der Waals surface area contributed by atoms with Crippen LogP contribution in [-0.2, 0) is 10.0 Å². The molecule has 0 saturated carbocycles. The Hall–Kier alpha value is -1.56. The minimum Gasteiger partial charge on any atom is -0.339 e. The third-order valence-electron chi connectivity index (χ3n) is 3.05. The molecule has 0 saturated heterocycles. The lowest BCUT2D eigenvalue weighted by Crippen LogP contribution is -2.32. The second kappa shape index (κ2) is 7.45. The van der Waals surface area contributed by atoms with Gasteiger partial charge in [-0.15, -0.1) is 0 Å². The molecule has 0 aliphatic heterocycles. The quantitative estimate of drug-likeness (QED) is 0.841. The number of benzene rings is 1. The molecule has 0 spiro atoms. The number of sulfonamides is 1. The molecular weight excluding hydrogens is 288 g/mol. The van der Waals surface area contributed by atoms with Crippen molar-refractivity contribution >= 4 is 21.6 Å². The predicted molar refractivity (Wildman–Crippen MR) is 86.1 cm³/mol. The van der Waals surface area contributed by atoms with E-state index < -0.39 is 10.0 Å². The van der Waals surface area contributed by atoms with Gasteiger partial charge in [-0.1, -0.05) is 19.9 Å². The van der Waals surface area contributed by atoms with Gasteiger partial charge in [-0.2, -0.15) is 0 Å². The smallest absolute Gasteiger partial charge is 0.253 e. The number of nitrogens with zero attached hydrogens (tertiary/aromatic N) is 1. The summed E-state index contributed by atoms with van der Waals surface area (Å²) in [7, 11) is -3.36. The summed E-state index contributed by atoms with van der Waals surface area (Å²) in [4.78, 5) is 14.3. The van der Waals surface area contributed by atoms with Crippen LogP contribution in [0.4, 0.5) is 5.69 Å². The maximum Gasteiger partial charge on any atom is 0.253 e. The maximum atomic E-state index is 12.5. The first-order valence-corrected chi connectivity index (χ1v) is 9.05. The van der Waals surface area contributed by atoms with Crippen LogP contribution in [-0.4, -0.2) is 38.6 Å². The van der Waals surface area contributed by atoms with E-state index in [0.717, 1.165) is 24.7 Å². The van der Waals surface area contributed by atoms with Crippen molar-refractivity contribution in [2.45, 2.75) is 33.6 Å². The molecule has 118 valence electrons. The molecule has 0 fully saturated rings. The zero-order chi connectivity index (χ0) is 16.0. The van der Waals surface area contributed by atoms with Crippen molar-refractivity contribution in [3.05, 3.63) is 29.3 Å². The Kier molecular flexibility index (Phi) is 6.20. The maximum absolute atomic E-state index is 12.5. The van der Waals surface area contributed by atoms with E-state index in [1.165, 1.54) is 0 Å². The van der Waals surface area contributed by atoms with E-state index in [4.69, 9.17) is 0 Å². The fourth-order valence-corrected chi connectivity index (χ4v) is 2.72. The molecule has 1 rings (SSSR count). The second-order valence-electron chi connectivity index (χ2n) is 5.20. The summed E-state index contributed by atoms with van der Waals surface area (Å²) >= 11 is 0. The molecule has 1 aromatic carbocycles. The first kappa shape index (κ1) is 17.5. The first-order valence-electron chi connectivity index (χ1n) is 7.16. The van der Waals surface area contributed by atoms with E-state index in [2.05, 4.69) is 4.72 Å². The third-order valence-corrected chi connectivity index (χ3v) is 3.64. The van der Waals surface area contributed by atoms with E-state index in [9.17, 15) is 13.2 Å². The number of nitrogens with one attached hydrogen (secondary N) is 1. The van der Waals surface area contributed by atoms with Crippen LogP contribution in [0.15, 0.2) is 18.2 Å². The third kappa shape index (κ3) is 5.38. The number of carbonyl (C=O) groups is 1. The molecule has 1 N–H and O–H groups in total. The zero-order valence-electron chi connectivity index (χ0n) is 13.1. The summed E-state index contributed by atoms with van der Waals surface area (Å²) in [6, 6.07) is 5.11. The van der Waals surface area contributed by atoms with Crippen molar-refractivity contribution in [3.63, 3.8) is 0 Å². The van der Waals surface area contributed by atoms with Gasteiger partial charge in [0.2, 0.25) is 10.0 Å². The summed E-state index contributed by atoms with van der Waals surface area (Å²) in [6.45, 7) is 7.27. The Balaban J connectivity index is 3.07. The molecule has 21 heavy (non-hydrogen) atoms. The minimum absolute atomic E-state index is 0.0600. The summed E-state index contributed by atoms with van der Waals surface area (Å²) < 4.78 is 25.2. The van der Waals surface area contributed by atoms with Crippen LogP contribution in [0.25, 0.3) is 0 Å². The predicted octanol–water partition coefficient (Wildman–Crippen LogP) is 2.63. The molecule has 0 unspecified atom stereocenters. The van der Waals surface area contributed by atoms with Crippen LogP contribution in [0.1, 0.15) is 42.6 Å². The van der Waals surface area contributed by atoms with Gasteiger partial charge in [-0.3, -0.25) is 9.52 Å². The highest BCUT2D eigenvalue weighted by Gasteiger charge is 2.16. The van der Waals surface area contributed by atoms with Crippen molar-refractivity contribution in [1.82, 2.24) is 4.90 Å². The van der Waals surface area contributed by atoms with Gasteiger partial charge in [0, 0.05) is 18.7 Å². The lowest BCUT2D eigenvalue weighted by atomic mass is 10.1. The average Bonchev–Trinajstić information content (AvgIpc) is 2.39. The number of carbonyl (C=O) groups excluding carboxylic acids is 1. The Bertz CT molecular complexity index is 591. The Morgan fingerprint density at radius 3 is 2.24 bits per heavy atom. The molecule has 1 amide bonds. The molecule has 1 aromatic rings. The Morgan fingerprint density at radius 1 is 1.19 bits per heavy atom. The standard InChI is InChI=1S/C15H24N2O3S/c1-5-9-17(10-6-2)15(18)13-8-7-12(3)14(11-13)16-21(4,19)20/h7-8,11,16H,5-6,9-10H2,1-4H3. The van der Waals surface area contributed by atoms with Gasteiger partial charge in [0.25, 0.3) is 5.91 Å². The highest BCUT2D eigenvalue weighted by Crippen LogP contribution is 2.19. The number of hydrogen-bond donors (Lipinski definition) is 1. The van der Waals surface area contributed by atoms with Crippen LogP contribution < -0.4 is 4.72 Å². The number of hydrogen-bond acceptors (Lipinski definition) is 3. The van der Waals surface area contributed by atoms with Crippen LogP contribution in [0.5, 0.6) is 0 Å². The highest BCUT2D eigenvalue weighted by atomic mass is 32.2. The second-order valence-corrected chi connectivity index (χ2v) is 6.94. The number of aryl methyl sites for hydroxylation is 1. The lowest BCUT2D eigenvalue weighted by Gasteiger charge is -2.22. The summed E-state index contributed by atoms with van der Waals surface area (Å²) in [5.41, 5.74) is 1.75. The van der Waals surface area contributed by atoms with Crippen LogP contribution >= 0.6 is 0 Å². The number of rotatable bonds is 7. The Labute approximate surface area is 127 Å². The molecular formula is C15H24N2O3S. The molecule has 0 aromatic heterocycles. The monoisotopic (exact) mass is 312 g/mol. The molecule has 0 aliphatic carbocycles. The summed E-state index contributed by atoms with van der Waals surface area (Å²) in [5.74, 6) is -0.0600. The molecule has 5 nitrogen and oxygen atoms in total. The number of amides is 1. The fourth-order valence-electron chi connectivity index (χ4n) is 2.10. The van der Waals surface area contributed by atoms with Crippen molar-refractivity contribution in [2.75, 3.05) is 24.1 Å². The van der Waals surface area contributed by atoms with Crippen molar-refractivity contribution < 1.29 is 13.2 Å². The van der Waals surface area contributed by atoms with Gasteiger partial charge in [-0.25, -0.2) is 8.42 Å². The largest absolute Gasteiger partial charge is 0.339 e.